The number of nitrogens with zero attached hydrogens (tertiary/aromatic N) is 2. The molecule has 26 heavy (non-hydrogen) atoms. The average Bonchev–Trinajstić information content (AvgIpc) is 3.01. The minimum absolute atomic E-state index is 0.0675. The number of hydrogen-bond acceptors (Lipinski definition) is 5. The van der Waals surface area contributed by atoms with E-state index in [4.69, 9.17) is 14.2 Å². The van der Waals surface area contributed by atoms with Crippen molar-refractivity contribution in [2.24, 2.45) is 0 Å². The highest BCUT2D eigenvalue weighted by Gasteiger charge is 2.35. The zero-order chi connectivity index (χ0) is 18.7. The van der Waals surface area contributed by atoms with Crippen LogP contribution >= 0.6 is 0 Å². The SMILES string of the molecule is C=Cc1cc2c(O[C@@H]3C[C@@H](C)N(C(=O)OCC)C3)nccc2cc1OC. The van der Waals surface area contributed by atoms with Crippen LogP contribution in [0.2, 0.25) is 0 Å². The van der Waals surface area contributed by atoms with Crippen molar-refractivity contribution < 1.29 is 19.0 Å². The van der Waals surface area contributed by atoms with Crippen molar-refractivity contribution in [3.8, 4) is 11.6 Å². The molecular weight excluding hydrogens is 332 g/mol. The number of pyridine rings is 1. The highest BCUT2D eigenvalue weighted by Crippen LogP contribution is 2.32. The number of carbonyl (C=O) groups excluding carboxylic acids is 1. The number of fused-ring (bicyclic) bond motifs is 1. The van der Waals surface area contributed by atoms with Crippen molar-refractivity contribution in [3.05, 3.63) is 36.5 Å². The van der Waals surface area contributed by atoms with Gasteiger partial charge in [0.15, 0.2) is 0 Å². The topological polar surface area (TPSA) is 60.9 Å². The summed E-state index contributed by atoms with van der Waals surface area (Å²) in [4.78, 5) is 18.1. The van der Waals surface area contributed by atoms with Gasteiger partial charge < -0.3 is 19.1 Å². The Balaban J connectivity index is 1.85. The van der Waals surface area contributed by atoms with Crippen LogP contribution in [0.1, 0.15) is 25.8 Å². The molecule has 1 aliphatic rings. The van der Waals surface area contributed by atoms with Crippen molar-refractivity contribution >= 4 is 22.9 Å². The van der Waals surface area contributed by atoms with Crippen LogP contribution in [-0.4, -0.2) is 48.4 Å². The van der Waals surface area contributed by atoms with Gasteiger partial charge in [-0.2, -0.15) is 0 Å². The molecule has 0 radical (unpaired) electrons. The Kier molecular flexibility index (Phi) is 5.30. The van der Waals surface area contributed by atoms with Crippen molar-refractivity contribution in [2.75, 3.05) is 20.3 Å². The number of hydrogen-bond donors (Lipinski definition) is 0. The number of amides is 1. The summed E-state index contributed by atoms with van der Waals surface area (Å²) < 4.78 is 16.7. The van der Waals surface area contributed by atoms with Crippen LogP contribution < -0.4 is 9.47 Å². The van der Waals surface area contributed by atoms with E-state index in [1.165, 1.54) is 0 Å². The van der Waals surface area contributed by atoms with E-state index in [0.717, 1.165) is 28.5 Å². The molecule has 6 nitrogen and oxygen atoms in total. The van der Waals surface area contributed by atoms with Gasteiger partial charge in [-0.25, -0.2) is 9.78 Å². The molecule has 1 amide bonds. The highest BCUT2D eigenvalue weighted by atomic mass is 16.6. The number of benzene rings is 1. The quantitative estimate of drug-likeness (QED) is 0.813. The van der Waals surface area contributed by atoms with Gasteiger partial charge in [-0.3, -0.25) is 0 Å². The number of rotatable bonds is 5. The zero-order valence-corrected chi connectivity index (χ0v) is 15.4. The molecule has 6 heteroatoms. The van der Waals surface area contributed by atoms with E-state index in [0.29, 0.717) is 19.0 Å². The first-order chi connectivity index (χ1) is 12.6. The molecule has 0 unspecified atom stereocenters. The third-order valence-electron chi connectivity index (χ3n) is 4.62. The lowest BCUT2D eigenvalue weighted by molar-refractivity contribution is 0.101. The van der Waals surface area contributed by atoms with Crippen LogP contribution in [0.25, 0.3) is 16.8 Å². The molecule has 0 spiro atoms. The average molecular weight is 356 g/mol. The van der Waals surface area contributed by atoms with E-state index in [1.54, 1.807) is 31.2 Å². The fourth-order valence-electron chi connectivity index (χ4n) is 3.31. The molecule has 1 aromatic carbocycles. The Morgan fingerprint density at radius 2 is 2.27 bits per heavy atom. The van der Waals surface area contributed by atoms with Crippen molar-refractivity contribution in [1.82, 2.24) is 9.88 Å². The standard InChI is InChI=1S/C20H24N2O4/c1-5-14-10-17-15(11-18(14)24-4)7-8-21-19(17)26-16-9-13(3)22(12-16)20(23)25-6-2/h5,7-8,10-11,13,16H,1,6,9,12H2,2-4H3/t13-,16-/m1/s1. The van der Waals surface area contributed by atoms with Gasteiger partial charge in [0.2, 0.25) is 5.88 Å². The van der Waals surface area contributed by atoms with Gasteiger partial charge >= 0.3 is 6.09 Å². The number of carbonyl (C=O) groups is 1. The van der Waals surface area contributed by atoms with E-state index in [9.17, 15) is 4.79 Å². The lowest BCUT2D eigenvalue weighted by Gasteiger charge is -2.20. The summed E-state index contributed by atoms with van der Waals surface area (Å²) in [5, 5.41) is 1.87. The number of methoxy groups -OCH3 is 1. The molecule has 3 rings (SSSR count). The summed E-state index contributed by atoms with van der Waals surface area (Å²) in [6, 6.07) is 5.89. The Labute approximate surface area is 153 Å². The minimum Gasteiger partial charge on any atom is -0.496 e. The van der Waals surface area contributed by atoms with Gasteiger partial charge in [-0.15, -0.1) is 0 Å². The van der Waals surface area contributed by atoms with Crippen molar-refractivity contribution in [1.29, 1.82) is 0 Å². The Morgan fingerprint density at radius 1 is 1.46 bits per heavy atom. The predicted octanol–water partition coefficient (Wildman–Crippen LogP) is 3.88. The summed E-state index contributed by atoms with van der Waals surface area (Å²) in [6.07, 6.45) is 3.78. The smallest absolute Gasteiger partial charge is 0.410 e. The van der Waals surface area contributed by atoms with E-state index >= 15 is 0 Å². The summed E-state index contributed by atoms with van der Waals surface area (Å²) in [5.41, 5.74) is 0.880. The van der Waals surface area contributed by atoms with Crippen LogP contribution in [0.5, 0.6) is 11.6 Å². The third kappa shape index (κ3) is 3.45. The Hall–Kier alpha value is -2.76. The highest BCUT2D eigenvalue weighted by molar-refractivity contribution is 5.90. The number of aromatic nitrogens is 1. The molecule has 138 valence electrons. The van der Waals surface area contributed by atoms with Crippen LogP contribution in [-0.2, 0) is 4.74 Å². The molecule has 2 atom stereocenters. The number of likely N-dealkylation sites (tertiary alicyclic amines) is 1. The molecule has 0 bridgehead atoms. The van der Waals surface area contributed by atoms with Crippen LogP contribution in [0.3, 0.4) is 0 Å². The first-order valence-corrected chi connectivity index (χ1v) is 8.76. The van der Waals surface area contributed by atoms with E-state index in [-0.39, 0.29) is 18.2 Å². The summed E-state index contributed by atoms with van der Waals surface area (Å²) >= 11 is 0. The van der Waals surface area contributed by atoms with E-state index in [2.05, 4.69) is 11.6 Å². The molecule has 1 aromatic heterocycles. The fraction of sp³-hybridized carbons (Fsp3) is 0.400. The summed E-state index contributed by atoms with van der Waals surface area (Å²) in [5.74, 6) is 1.31. The maximum Gasteiger partial charge on any atom is 0.410 e. The largest absolute Gasteiger partial charge is 0.496 e. The van der Waals surface area contributed by atoms with Gasteiger partial charge in [-0.1, -0.05) is 12.7 Å². The summed E-state index contributed by atoms with van der Waals surface area (Å²) in [6.45, 7) is 8.49. The molecule has 1 fully saturated rings. The van der Waals surface area contributed by atoms with Gasteiger partial charge in [0.05, 0.1) is 20.3 Å². The Morgan fingerprint density at radius 3 is 2.96 bits per heavy atom. The molecule has 0 saturated carbocycles. The monoisotopic (exact) mass is 356 g/mol. The second-order valence-electron chi connectivity index (χ2n) is 6.31. The van der Waals surface area contributed by atoms with E-state index in [1.807, 2.05) is 25.1 Å². The van der Waals surface area contributed by atoms with Gasteiger partial charge in [-0.05, 0) is 37.4 Å². The predicted molar refractivity (Wildman–Crippen MR) is 101 cm³/mol. The van der Waals surface area contributed by atoms with Crippen LogP contribution in [0.15, 0.2) is 31.0 Å². The Bertz CT molecular complexity index is 821. The first-order valence-electron chi connectivity index (χ1n) is 8.76. The molecule has 1 saturated heterocycles. The zero-order valence-electron chi connectivity index (χ0n) is 15.4. The second kappa shape index (κ2) is 7.64. The molecule has 2 heterocycles. The maximum atomic E-state index is 12.0. The molecule has 0 aliphatic carbocycles. The lowest BCUT2D eigenvalue weighted by Crippen LogP contribution is -2.35. The molecular formula is C20H24N2O4. The van der Waals surface area contributed by atoms with Crippen LogP contribution in [0, 0.1) is 0 Å². The molecule has 0 N–H and O–H groups in total. The number of ether oxygens (including phenoxy) is 3. The summed E-state index contributed by atoms with van der Waals surface area (Å²) in [7, 11) is 1.64. The third-order valence-corrected chi connectivity index (χ3v) is 4.62. The minimum atomic E-state index is -0.296. The normalized spacial score (nSPS) is 19.4. The second-order valence-corrected chi connectivity index (χ2v) is 6.31. The molecule has 2 aromatic rings. The van der Waals surface area contributed by atoms with Crippen molar-refractivity contribution in [2.45, 2.75) is 32.4 Å². The van der Waals surface area contributed by atoms with Crippen molar-refractivity contribution in [3.63, 3.8) is 0 Å². The first kappa shape index (κ1) is 18.0. The van der Waals surface area contributed by atoms with Gasteiger partial charge in [0, 0.05) is 29.6 Å². The van der Waals surface area contributed by atoms with Crippen LogP contribution in [0.4, 0.5) is 4.79 Å². The van der Waals surface area contributed by atoms with Gasteiger partial charge in [0.25, 0.3) is 0 Å². The lowest BCUT2D eigenvalue weighted by atomic mass is 10.1. The van der Waals surface area contributed by atoms with Gasteiger partial charge in [0.1, 0.15) is 11.9 Å². The maximum absolute atomic E-state index is 12.0. The van der Waals surface area contributed by atoms with E-state index < -0.39 is 0 Å². The fourth-order valence-corrected chi connectivity index (χ4v) is 3.31. The molecule has 1 aliphatic heterocycles.